The highest BCUT2D eigenvalue weighted by molar-refractivity contribution is 7.16. The molecule has 0 aromatic rings. The Morgan fingerprint density at radius 3 is 2.27 bits per heavy atom. The first kappa shape index (κ1) is 11.4. The average Bonchev–Trinajstić information content (AvgIpc) is 1.97. The van der Waals surface area contributed by atoms with Crippen molar-refractivity contribution >= 4 is 9.24 Å². The van der Waals surface area contributed by atoms with Crippen LogP contribution >= 0.6 is 9.24 Å². The number of hydrogen-bond donors (Lipinski definition) is 0. The molecule has 1 atom stereocenters. The molecule has 1 nitrogen and oxygen atoms in total. The van der Waals surface area contributed by atoms with Gasteiger partial charge in [0.1, 0.15) is 0 Å². The van der Waals surface area contributed by atoms with E-state index in [0.29, 0.717) is 6.04 Å². The zero-order valence-electron chi connectivity index (χ0n) is 8.14. The third kappa shape index (κ3) is 5.64. The molecule has 0 aliphatic rings. The molecule has 1 unspecified atom stereocenters. The molecule has 0 spiro atoms. The monoisotopic (exact) mass is 175 g/mol. The second kappa shape index (κ2) is 7.06. The lowest BCUT2D eigenvalue weighted by molar-refractivity contribution is 0.230. The molecule has 0 N–H and O–H groups in total. The summed E-state index contributed by atoms with van der Waals surface area (Å²) >= 11 is 0. The summed E-state index contributed by atoms with van der Waals surface area (Å²) in [5.41, 5.74) is 0. The van der Waals surface area contributed by atoms with Crippen molar-refractivity contribution in [2.75, 3.05) is 19.3 Å². The molecular formula is C9H22NP. The Morgan fingerprint density at radius 1 is 1.27 bits per heavy atom. The summed E-state index contributed by atoms with van der Waals surface area (Å²) in [5, 5.41) is 0. The largest absolute Gasteiger partial charge is 0.301 e. The Morgan fingerprint density at radius 2 is 1.91 bits per heavy atom. The van der Waals surface area contributed by atoms with E-state index in [-0.39, 0.29) is 0 Å². The number of hydrogen-bond acceptors (Lipinski definition) is 1. The Kier molecular flexibility index (Phi) is 7.31. The van der Waals surface area contributed by atoms with Crippen LogP contribution in [0.2, 0.25) is 0 Å². The van der Waals surface area contributed by atoms with Crippen molar-refractivity contribution in [2.45, 2.75) is 39.7 Å². The van der Waals surface area contributed by atoms with Crippen molar-refractivity contribution in [3.8, 4) is 0 Å². The topological polar surface area (TPSA) is 3.24 Å². The molecule has 0 aromatic carbocycles. The van der Waals surface area contributed by atoms with Crippen molar-refractivity contribution in [1.29, 1.82) is 0 Å². The number of unbranched alkanes of at least 4 members (excludes halogenated alkanes) is 1. The van der Waals surface area contributed by atoms with Gasteiger partial charge in [-0.3, -0.25) is 0 Å². The van der Waals surface area contributed by atoms with Gasteiger partial charge in [-0.25, -0.2) is 0 Å². The van der Waals surface area contributed by atoms with Crippen LogP contribution in [0.5, 0.6) is 0 Å². The quantitative estimate of drug-likeness (QED) is 0.442. The van der Waals surface area contributed by atoms with Gasteiger partial charge in [-0.05, 0) is 45.9 Å². The summed E-state index contributed by atoms with van der Waals surface area (Å²) in [5.74, 6) is 0. The first-order chi connectivity index (χ1) is 5.22. The van der Waals surface area contributed by atoms with Gasteiger partial charge in [0.2, 0.25) is 0 Å². The molecular weight excluding hydrogens is 153 g/mol. The maximum absolute atomic E-state index is 2.78. The van der Waals surface area contributed by atoms with E-state index in [4.69, 9.17) is 0 Å². The lowest BCUT2D eigenvalue weighted by atomic mass is 10.2. The van der Waals surface area contributed by atoms with Gasteiger partial charge in [-0.1, -0.05) is 6.92 Å². The molecule has 2 heteroatoms. The number of nitrogens with zero attached hydrogens (tertiary/aromatic N) is 1. The molecule has 0 rings (SSSR count). The van der Waals surface area contributed by atoms with Crippen LogP contribution in [-0.2, 0) is 0 Å². The maximum atomic E-state index is 2.78. The van der Waals surface area contributed by atoms with Crippen LogP contribution in [0.4, 0.5) is 0 Å². The predicted octanol–water partition coefficient (Wildman–Crippen LogP) is 2.37. The molecule has 0 radical (unpaired) electrons. The molecule has 0 aliphatic carbocycles. The van der Waals surface area contributed by atoms with Crippen molar-refractivity contribution in [1.82, 2.24) is 4.90 Å². The van der Waals surface area contributed by atoms with Crippen LogP contribution < -0.4 is 0 Å². The standard InChI is InChI=1S/C9H22NP/c1-4-10(9(2)3)7-5-6-8-11/h9H,4-8,11H2,1-3H3. The Bertz CT molecular complexity index is 83.6. The molecule has 0 saturated heterocycles. The van der Waals surface area contributed by atoms with E-state index in [1.807, 2.05) is 0 Å². The minimum Gasteiger partial charge on any atom is -0.301 e. The lowest BCUT2D eigenvalue weighted by Crippen LogP contribution is -2.31. The van der Waals surface area contributed by atoms with Crippen LogP contribution in [0.1, 0.15) is 33.6 Å². The highest BCUT2D eigenvalue weighted by atomic mass is 31.0. The van der Waals surface area contributed by atoms with E-state index < -0.39 is 0 Å². The second-order valence-corrected chi connectivity index (χ2v) is 3.80. The van der Waals surface area contributed by atoms with Crippen molar-refractivity contribution in [3.05, 3.63) is 0 Å². The molecule has 0 heterocycles. The van der Waals surface area contributed by atoms with Gasteiger partial charge >= 0.3 is 0 Å². The predicted molar refractivity (Wildman–Crippen MR) is 56.2 cm³/mol. The first-order valence-electron chi connectivity index (χ1n) is 4.66. The van der Waals surface area contributed by atoms with Gasteiger partial charge in [0.15, 0.2) is 0 Å². The van der Waals surface area contributed by atoms with Gasteiger partial charge in [0.25, 0.3) is 0 Å². The molecule has 11 heavy (non-hydrogen) atoms. The molecule has 0 saturated carbocycles. The zero-order valence-corrected chi connectivity index (χ0v) is 9.29. The SMILES string of the molecule is CCN(CCCCP)C(C)C. The van der Waals surface area contributed by atoms with E-state index in [9.17, 15) is 0 Å². The second-order valence-electron chi connectivity index (χ2n) is 3.22. The van der Waals surface area contributed by atoms with Crippen LogP contribution in [0.15, 0.2) is 0 Å². The fourth-order valence-corrected chi connectivity index (χ4v) is 1.53. The summed E-state index contributed by atoms with van der Waals surface area (Å²) < 4.78 is 0. The zero-order chi connectivity index (χ0) is 8.69. The maximum Gasteiger partial charge on any atom is 0.00384 e. The van der Waals surface area contributed by atoms with E-state index >= 15 is 0 Å². The average molecular weight is 175 g/mol. The van der Waals surface area contributed by atoms with E-state index in [2.05, 4.69) is 34.9 Å². The van der Waals surface area contributed by atoms with Crippen LogP contribution in [0.3, 0.4) is 0 Å². The molecule has 0 aliphatic heterocycles. The van der Waals surface area contributed by atoms with E-state index in [0.717, 1.165) is 0 Å². The fourth-order valence-electron chi connectivity index (χ4n) is 1.24. The molecule has 0 amide bonds. The third-order valence-corrected chi connectivity index (χ3v) is 2.44. The summed E-state index contributed by atoms with van der Waals surface area (Å²) in [6.07, 6.45) is 3.93. The van der Waals surface area contributed by atoms with E-state index in [1.54, 1.807) is 0 Å². The van der Waals surface area contributed by atoms with Crippen LogP contribution in [0.25, 0.3) is 0 Å². The molecule has 0 bridgehead atoms. The summed E-state index contributed by atoms with van der Waals surface area (Å²) in [4.78, 5) is 2.51. The van der Waals surface area contributed by atoms with Crippen LogP contribution in [-0.4, -0.2) is 30.2 Å². The van der Waals surface area contributed by atoms with Crippen molar-refractivity contribution < 1.29 is 0 Å². The van der Waals surface area contributed by atoms with Crippen LogP contribution in [0, 0.1) is 0 Å². The Hall–Kier alpha value is 0.390. The Balaban J connectivity index is 3.36. The first-order valence-corrected chi connectivity index (χ1v) is 5.48. The van der Waals surface area contributed by atoms with Gasteiger partial charge in [-0.15, -0.1) is 9.24 Å². The van der Waals surface area contributed by atoms with Gasteiger partial charge < -0.3 is 4.90 Å². The smallest absolute Gasteiger partial charge is 0.00384 e. The van der Waals surface area contributed by atoms with Crippen molar-refractivity contribution in [2.24, 2.45) is 0 Å². The molecule has 0 fully saturated rings. The Labute approximate surface area is 73.7 Å². The lowest BCUT2D eigenvalue weighted by Gasteiger charge is -2.24. The fraction of sp³-hybridized carbons (Fsp3) is 1.00. The minimum atomic E-state index is 0.713. The summed E-state index contributed by atoms with van der Waals surface area (Å²) in [7, 11) is 2.78. The summed E-state index contributed by atoms with van der Waals surface area (Å²) in [6, 6.07) is 0.713. The normalized spacial score (nSPS) is 11.5. The third-order valence-electron chi connectivity index (χ3n) is 2.04. The van der Waals surface area contributed by atoms with Crippen molar-refractivity contribution in [3.63, 3.8) is 0 Å². The van der Waals surface area contributed by atoms with Gasteiger partial charge in [-0.2, -0.15) is 0 Å². The number of rotatable bonds is 6. The highest BCUT2D eigenvalue weighted by Gasteiger charge is 2.04. The molecule has 0 aromatic heterocycles. The van der Waals surface area contributed by atoms with E-state index in [1.165, 1.54) is 32.1 Å². The van der Waals surface area contributed by atoms with Gasteiger partial charge in [0.05, 0.1) is 0 Å². The van der Waals surface area contributed by atoms with Gasteiger partial charge in [0, 0.05) is 6.04 Å². The minimum absolute atomic E-state index is 0.713. The summed E-state index contributed by atoms with van der Waals surface area (Å²) in [6.45, 7) is 9.23. The molecule has 68 valence electrons. The highest BCUT2D eigenvalue weighted by Crippen LogP contribution is 2.01.